The van der Waals surface area contributed by atoms with E-state index in [9.17, 15) is 19.8 Å². The van der Waals surface area contributed by atoms with Crippen molar-refractivity contribution in [3.8, 4) is 45.3 Å². The number of rotatable bonds is 26. The maximum atomic E-state index is 12.2. The number of ether oxygens (including phenoxy) is 2. The molecule has 0 fully saturated rings. The molecule has 0 unspecified atom stereocenters. The molecule has 0 aliphatic carbocycles. The van der Waals surface area contributed by atoms with Gasteiger partial charge in [-0.15, -0.1) is 0 Å². The molecule has 0 aliphatic heterocycles. The second-order valence-electron chi connectivity index (χ2n) is 13.6. The monoisotopic (exact) mass is 686 g/mol. The van der Waals surface area contributed by atoms with Gasteiger partial charge in [0, 0.05) is 11.1 Å². The summed E-state index contributed by atoms with van der Waals surface area (Å²) in [5.74, 6) is 0.614. The van der Waals surface area contributed by atoms with Gasteiger partial charge in [-0.3, -0.25) is 9.59 Å². The molecule has 3 aromatic rings. The lowest BCUT2D eigenvalue weighted by molar-refractivity contribution is 0.298. The van der Waals surface area contributed by atoms with Crippen LogP contribution < -0.4 is 20.3 Å². The van der Waals surface area contributed by atoms with Gasteiger partial charge in [0.05, 0.1) is 13.2 Å². The van der Waals surface area contributed by atoms with Crippen molar-refractivity contribution >= 4 is 0 Å². The zero-order chi connectivity index (χ0) is 35.8. The Bertz CT molecular complexity index is 1400. The standard InChI is InChI=1S/C44H62O6/c1-3-5-7-9-11-13-15-17-19-21-31-49-43-33-38(36-25-29-41(47)42(48)30-26-36)44(34-37(43)35-23-27-39(45)40(46)28-24-35)50-32-22-20-18-16-14-12-10-8-6-4-2/h23-30,33-34H,3-22,31-32H2,1-2H3,(H,45,46)(H,47,48). The van der Waals surface area contributed by atoms with Gasteiger partial charge < -0.3 is 19.7 Å². The highest BCUT2D eigenvalue weighted by molar-refractivity contribution is 5.81. The average Bonchev–Trinajstić information content (AvgIpc) is 3.39. The Morgan fingerprint density at radius 2 is 0.720 bits per heavy atom. The summed E-state index contributed by atoms with van der Waals surface area (Å²) in [6.07, 6.45) is 24.6. The van der Waals surface area contributed by atoms with Gasteiger partial charge in [-0.2, -0.15) is 0 Å². The Morgan fingerprint density at radius 3 is 1.06 bits per heavy atom. The molecule has 6 nitrogen and oxygen atoms in total. The van der Waals surface area contributed by atoms with Gasteiger partial charge in [-0.25, -0.2) is 0 Å². The van der Waals surface area contributed by atoms with E-state index in [0.29, 0.717) is 35.8 Å². The van der Waals surface area contributed by atoms with Crippen LogP contribution in [-0.4, -0.2) is 23.4 Å². The van der Waals surface area contributed by atoms with Crippen LogP contribution in [0.3, 0.4) is 0 Å². The van der Waals surface area contributed by atoms with Gasteiger partial charge in [0.2, 0.25) is 10.9 Å². The van der Waals surface area contributed by atoms with Gasteiger partial charge >= 0.3 is 0 Å². The number of benzene rings is 1. The summed E-state index contributed by atoms with van der Waals surface area (Å²) in [7, 11) is 0. The van der Waals surface area contributed by atoms with Crippen molar-refractivity contribution in [1.82, 2.24) is 0 Å². The van der Waals surface area contributed by atoms with E-state index in [2.05, 4.69) is 13.8 Å². The minimum atomic E-state index is -0.455. The Labute approximate surface area is 300 Å². The molecular weight excluding hydrogens is 624 g/mol. The molecule has 2 N–H and O–H groups in total. The predicted octanol–water partition coefficient (Wildman–Crippen LogP) is 11.8. The molecule has 3 rings (SSSR count). The Balaban J connectivity index is 1.77. The molecule has 0 saturated carbocycles. The molecule has 3 aromatic carbocycles. The van der Waals surface area contributed by atoms with Gasteiger partial charge in [-0.05, 0) is 60.4 Å². The van der Waals surface area contributed by atoms with Crippen molar-refractivity contribution in [1.29, 1.82) is 0 Å². The van der Waals surface area contributed by atoms with E-state index in [-0.39, 0.29) is 11.5 Å². The highest BCUT2D eigenvalue weighted by Crippen LogP contribution is 2.41. The van der Waals surface area contributed by atoms with E-state index >= 15 is 0 Å². The molecule has 0 aliphatic rings. The molecule has 0 heterocycles. The molecule has 274 valence electrons. The fourth-order valence-electron chi connectivity index (χ4n) is 6.27. The maximum Gasteiger partial charge on any atom is 0.220 e. The van der Waals surface area contributed by atoms with Gasteiger partial charge in [0.25, 0.3) is 0 Å². The van der Waals surface area contributed by atoms with Crippen molar-refractivity contribution in [2.75, 3.05) is 13.2 Å². The van der Waals surface area contributed by atoms with Crippen molar-refractivity contribution in [3.63, 3.8) is 0 Å². The lowest BCUT2D eigenvalue weighted by Crippen LogP contribution is -2.03. The van der Waals surface area contributed by atoms with E-state index < -0.39 is 10.9 Å². The molecule has 6 heteroatoms. The van der Waals surface area contributed by atoms with E-state index in [1.807, 2.05) is 12.1 Å². The molecule has 0 aromatic heterocycles. The molecule has 0 amide bonds. The number of aromatic hydroxyl groups is 2. The third-order valence-corrected chi connectivity index (χ3v) is 9.39. The fraction of sp³-hybridized carbons (Fsp3) is 0.545. The minimum Gasteiger partial charge on any atom is -0.504 e. The first-order valence-electron chi connectivity index (χ1n) is 19.6. The fourth-order valence-corrected chi connectivity index (χ4v) is 6.27. The summed E-state index contributed by atoms with van der Waals surface area (Å²) in [5, 5.41) is 20.2. The molecule has 50 heavy (non-hydrogen) atoms. The Kier molecular flexibility index (Phi) is 19.8. The van der Waals surface area contributed by atoms with Crippen LogP contribution in [0.25, 0.3) is 22.3 Å². The third kappa shape index (κ3) is 15.0. The van der Waals surface area contributed by atoms with E-state index in [4.69, 9.17) is 9.47 Å². The SMILES string of the molecule is CCCCCCCCCCCCOc1cc(-c2ccc(O)c(=O)cc2)c(OCCCCCCCCCCCC)cc1-c1ccc(O)c(=O)cc1. The zero-order valence-corrected chi connectivity index (χ0v) is 30.9. The van der Waals surface area contributed by atoms with Crippen LogP contribution in [0.15, 0.2) is 70.3 Å². The first-order valence-corrected chi connectivity index (χ1v) is 19.6. The van der Waals surface area contributed by atoms with E-state index in [1.54, 1.807) is 24.3 Å². The Morgan fingerprint density at radius 1 is 0.420 bits per heavy atom. The normalized spacial score (nSPS) is 11.1. The van der Waals surface area contributed by atoms with Gasteiger partial charge in [-0.1, -0.05) is 154 Å². The predicted molar refractivity (Wildman–Crippen MR) is 208 cm³/mol. The zero-order valence-electron chi connectivity index (χ0n) is 30.9. The first-order chi connectivity index (χ1) is 24.4. The Hall–Kier alpha value is -3.80. The summed E-state index contributed by atoms with van der Waals surface area (Å²) in [4.78, 5) is 24.5. The van der Waals surface area contributed by atoms with Crippen LogP contribution in [0.4, 0.5) is 0 Å². The quantitative estimate of drug-likeness (QED) is 0.0817. The first kappa shape index (κ1) is 40.6. The molecular formula is C44H62O6. The summed E-state index contributed by atoms with van der Waals surface area (Å²) in [6.45, 7) is 5.56. The van der Waals surface area contributed by atoms with Crippen molar-refractivity contribution in [3.05, 3.63) is 81.1 Å². The summed E-state index contributed by atoms with van der Waals surface area (Å²) >= 11 is 0. The summed E-state index contributed by atoms with van der Waals surface area (Å²) in [6, 6.07) is 16.2. The number of hydrogen-bond acceptors (Lipinski definition) is 6. The summed E-state index contributed by atoms with van der Waals surface area (Å²) in [5.41, 5.74) is 2.03. The van der Waals surface area contributed by atoms with Crippen LogP contribution in [-0.2, 0) is 0 Å². The molecule has 0 spiro atoms. The maximum absolute atomic E-state index is 12.2. The number of unbranched alkanes of at least 4 members (excludes halogenated alkanes) is 18. The van der Waals surface area contributed by atoms with Crippen LogP contribution >= 0.6 is 0 Å². The molecule has 0 saturated heterocycles. The minimum absolute atomic E-state index is 0.317. The largest absolute Gasteiger partial charge is 0.504 e. The van der Waals surface area contributed by atoms with E-state index in [1.165, 1.54) is 127 Å². The van der Waals surface area contributed by atoms with Crippen molar-refractivity contribution in [2.45, 2.75) is 142 Å². The smallest absolute Gasteiger partial charge is 0.220 e. The third-order valence-electron chi connectivity index (χ3n) is 9.39. The van der Waals surface area contributed by atoms with Gasteiger partial charge in [0.1, 0.15) is 11.5 Å². The van der Waals surface area contributed by atoms with Crippen molar-refractivity contribution in [2.24, 2.45) is 0 Å². The highest BCUT2D eigenvalue weighted by Gasteiger charge is 2.16. The highest BCUT2D eigenvalue weighted by atomic mass is 16.5. The molecule has 0 atom stereocenters. The van der Waals surface area contributed by atoms with Crippen LogP contribution in [0.1, 0.15) is 142 Å². The van der Waals surface area contributed by atoms with Crippen molar-refractivity contribution < 1.29 is 19.7 Å². The number of hydrogen-bond donors (Lipinski definition) is 2. The second-order valence-corrected chi connectivity index (χ2v) is 13.6. The topological polar surface area (TPSA) is 93.1 Å². The summed E-state index contributed by atoms with van der Waals surface area (Å²) < 4.78 is 12.9. The lowest BCUT2D eigenvalue weighted by atomic mass is 9.99. The van der Waals surface area contributed by atoms with Crippen LogP contribution in [0, 0.1) is 0 Å². The van der Waals surface area contributed by atoms with E-state index in [0.717, 1.165) is 36.8 Å². The second kappa shape index (κ2) is 24.4. The molecule has 0 radical (unpaired) electrons. The van der Waals surface area contributed by atoms with Crippen LogP contribution in [0.5, 0.6) is 23.0 Å². The van der Waals surface area contributed by atoms with Crippen LogP contribution in [0.2, 0.25) is 0 Å². The lowest BCUT2D eigenvalue weighted by Gasteiger charge is -2.18. The van der Waals surface area contributed by atoms with Gasteiger partial charge in [0.15, 0.2) is 11.5 Å². The molecule has 0 bridgehead atoms. The average molecular weight is 687 g/mol.